The third-order valence-electron chi connectivity index (χ3n) is 1.71. The van der Waals surface area contributed by atoms with Crippen molar-refractivity contribution < 1.29 is 31.1 Å². The van der Waals surface area contributed by atoms with Crippen LogP contribution in [0.2, 0.25) is 0 Å². The lowest BCUT2D eigenvalue weighted by Gasteiger charge is -2.20. The van der Waals surface area contributed by atoms with Crippen molar-refractivity contribution in [3.63, 3.8) is 0 Å². The lowest BCUT2D eigenvalue weighted by molar-refractivity contribution is -0.143. The first-order chi connectivity index (χ1) is 7.03. The van der Waals surface area contributed by atoms with E-state index in [9.17, 15) is 26.4 Å². The largest absolute Gasteiger partial charge is 0.511 e. The van der Waals surface area contributed by atoms with Crippen LogP contribution < -0.4 is 4.72 Å². The molecule has 0 amide bonds. The first kappa shape index (κ1) is 15.2. The molecule has 9 heteroatoms. The Kier molecular flexibility index (Phi) is 4.74. The molecule has 0 bridgehead atoms. The molecule has 0 aliphatic rings. The van der Waals surface area contributed by atoms with Gasteiger partial charge in [-0.3, -0.25) is 4.79 Å². The first-order valence-electron chi connectivity index (χ1n) is 4.19. The summed E-state index contributed by atoms with van der Waals surface area (Å²) in [4.78, 5) is 11.0. The number of rotatable bonds is 4. The summed E-state index contributed by atoms with van der Waals surface area (Å²) in [5.41, 5.74) is -5.45. The monoisotopic (exact) mass is 263 g/mol. The van der Waals surface area contributed by atoms with Gasteiger partial charge in [0.25, 0.3) is 0 Å². The Morgan fingerprint density at radius 1 is 1.31 bits per heavy atom. The number of alkyl halides is 3. The lowest BCUT2D eigenvalue weighted by atomic mass is 10.1. The maximum Gasteiger partial charge on any atom is 0.511 e. The summed E-state index contributed by atoms with van der Waals surface area (Å²) in [5, 5.41) is 0. The summed E-state index contributed by atoms with van der Waals surface area (Å²) in [6.45, 7) is 2.78. The molecular weight excluding hydrogens is 251 g/mol. The van der Waals surface area contributed by atoms with Crippen molar-refractivity contribution in [1.82, 2.24) is 4.72 Å². The molecule has 5 nitrogen and oxygen atoms in total. The molecule has 1 N–H and O–H groups in total. The maximum absolute atomic E-state index is 12.0. The van der Waals surface area contributed by atoms with Gasteiger partial charge < -0.3 is 4.74 Å². The number of esters is 1. The summed E-state index contributed by atoms with van der Waals surface area (Å²) in [6, 6.07) is -1.56. The average Bonchev–Trinajstić information content (AvgIpc) is 2.10. The van der Waals surface area contributed by atoms with Crippen LogP contribution in [0.4, 0.5) is 13.2 Å². The van der Waals surface area contributed by atoms with E-state index in [0.29, 0.717) is 0 Å². The molecule has 1 atom stereocenters. The van der Waals surface area contributed by atoms with Gasteiger partial charge in [0.15, 0.2) is 0 Å². The number of nitrogens with one attached hydrogen (secondary N) is 1. The minimum absolute atomic E-state index is 0.662. The summed E-state index contributed by atoms with van der Waals surface area (Å²) in [5.74, 6) is -1.73. The molecule has 0 aromatic heterocycles. The Morgan fingerprint density at radius 2 is 1.75 bits per heavy atom. The van der Waals surface area contributed by atoms with Gasteiger partial charge in [0, 0.05) is 0 Å². The SMILES string of the molecule is COC(=O)[C@@H](NS(=O)(=O)C(F)(F)F)C(C)C. The molecule has 0 aromatic rings. The maximum atomic E-state index is 12.0. The fraction of sp³-hybridized carbons (Fsp3) is 0.857. The number of halogens is 3. The molecule has 0 radical (unpaired) electrons. The van der Waals surface area contributed by atoms with Gasteiger partial charge in [-0.05, 0) is 5.92 Å². The first-order valence-corrected chi connectivity index (χ1v) is 5.67. The lowest BCUT2D eigenvalue weighted by Crippen LogP contribution is -2.49. The number of hydrogen-bond donors (Lipinski definition) is 1. The van der Waals surface area contributed by atoms with Crippen LogP contribution in [-0.4, -0.2) is 33.0 Å². The highest BCUT2D eigenvalue weighted by Crippen LogP contribution is 2.23. The van der Waals surface area contributed by atoms with Crippen molar-refractivity contribution in [3.05, 3.63) is 0 Å². The van der Waals surface area contributed by atoms with Gasteiger partial charge >= 0.3 is 21.5 Å². The minimum Gasteiger partial charge on any atom is -0.468 e. The highest BCUT2D eigenvalue weighted by Gasteiger charge is 2.48. The molecule has 0 aliphatic heterocycles. The zero-order valence-electron chi connectivity index (χ0n) is 8.83. The summed E-state index contributed by atoms with van der Waals surface area (Å²) in [7, 11) is -4.59. The number of carbonyl (C=O) groups is 1. The number of ether oxygens (including phenoxy) is 1. The second-order valence-electron chi connectivity index (χ2n) is 3.31. The highest BCUT2D eigenvalue weighted by molar-refractivity contribution is 7.90. The fourth-order valence-electron chi connectivity index (χ4n) is 0.817. The average molecular weight is 263 g/mol. The molecule has 0 rings (SSSR count). The predicted molar refractivity (Wildman–Crippen MR) is 48.8 cm³/mol. The van der Waals surface area contributed by atoms with Crippen LogP contribution in [0.25, 0.3) is 0 Å². The zero-order chi connectivity index (χ0) is 13.1. The Labute approximate surface area is 91.0 Å². The van der Waals surface area contributed by atoms with E-state index >= 15 is 0 Å². The number of sulfonamides is 1. The van der Waals surface area contributed by atoms with Gasteiger partial charge in [-0.1, -0.05) is 13.8 Å². The second kappa shape index (κ2) is 5.00. The van der Waals surface area contributed by atoms with Crippen LogP contribution in [0, 0.1) is 5.92 Å². The van der Waals surface area contributed by atoms with Crippen molar-refractivity contribution in [2.24, 2.45) is 5.92 Å². The van der Waals surface area contributed by atoms with Crippen LogP contribution in [0.15, 0.2) is 0 Å². The molecule has 0 spiro atoms. The molecule has 0 fully saturated rings. The van der Waals surface area contributed by atoms with Crippen LogP contribution >= 0.6 is 0 Å². The van der Waals surface area contributed by atoms with E-state index in [1.807, 2.05) is 0 Å². The van der Waals surface area contributed by atoms with Gasteiger partial charge in [-0.15, -0.1) is 0 Å². The smallest absolute Gasteiger partial charge is 0.468 e. The van der Waals surface area contributed by atoms with Crippen molar-refractivity contribution >= 4 is 16.0 Å². The topological polar surface area (TPSA) is 72.5 Å². The van der Waals surface area contributed by atoms with E-state index in [1.54, 1.807) is 0 Å². The third-order valence-corrected chi connectivity index (χ3v) is 2.88. The van der Waals surface area contributed by atoms with E-state index < -0.39 is 33.5 Å². The Morgan fingerprint density at radius 3 is 2.00 bits per heavy atom. The van der Waals surface area contributed by atoms with Gasteiger partial charge in [0.2, 0.25) is 0 Å². The molecular formula is C7H12F3NO4S. The number of carbonyl (C=O) groups excluding carboxylic acids is 1. The molecule has 0 aliphatic carbocycles. The third kappa shape index (κ3) is 3.63. The van der Waals surface area contributed by atoms with Gasteiger partial charge in [0.05, 0.1) is 7.11 Å². The van der Waals surface area contributed by atoms with Crippen molar-refractivity contribution in [3.8, 4) is 0 Å². The van der Waals surface area contributed by atoms with E-state index in [0.717, 1.165) is 7.11 Å². The number of methoxy groups -OCH3 is 1. The summed E-state index contributed by atoms with van der Waals surface area (Å²) >= 11 is 0. The van der Waals surface area contributed by atoms with Crippen LogP contribution in [0.1, 0.15) is 13.8 Å². The fourth-order valence-corrected chi connectivity index (χ4v) is 1.65. The molecule has 0 unspecified atom stereocenters. The van der Waals surface area contributed by atoms with Crippen molar-refractivity contribution in [2.75, 3.05) is 7.11 Å². The van der Waals surface area contributed by atoms with Gasteiger partial charge in [0.1, 0.15) is 6.04 Å². The highest BCUT2D eigenvalue weighted by atomic mass is 32.2. The van der Waals surface area contributed by atoms with Crippen LogP contribution in [0.3, 0.4) is 0 Å². The molecule has 96 valence electrons. The van der Waals surface area contributed by atoms with Crippen molar-refractivity contribution in [2.45, 2.75) is 25.4 Å². The predicted octanol–water partition coefficient (Wildman–Crippen LogP) is 0.623. The minimum atomic E-state index is -5.55. The number of hydrogen-bond acceptors (Lipinski definition) is 4. The van der Waals surface area contributed by atoms with Gasteiger partial charge in [-0.2, -0.15) is 17.9 Å². The van der Waals surface area contributed by atoms with E-state index in [4.69, 9.17) is 0 Å². The molecule has 0 heterocycles. The van der Waals surface area contributed by atoms with E-state index in [1.165, 1.54) is 18.6 Å². The van der Waals surface area contributed by atoms with E-state index in [-0.39, 0.29) is 0 Å². The summed E-state index contributed by atoms with van der Waals surface area (Å²) in [6.07, 6.45) is 0. The second-order valence-corrected chi connectivity index (χ2v) is 5.02. The quantitative estimate of drug-likeness (QED) is 0.755. The van der Waals surface area contributed by atoms with Crippen molar-refractivity contribution in [1.29, 1.82) is 0 Å². The van der Waals surface area contributed by atoms with E-state index in [2.05, 4.69) is 4.74 Å². The Hall–Kier alpha value is -0.830. The molecule has 0 saturated heterocycles. The zero-order valence-corrected chi connectivity index (χ0v) is 9.65. The molecule has 0 saturated carbocycles. The summed E-state index contributed by atoms with van der Waals surface area (Å²) < 4.78 is 63.0. The Balaban J connectivity index is 4.99. The molecule has 16 heavy (non-hydrogen) atoms. The van der Waals surface area contributed by atoms with Gasteiger partial charge in [-0.25, -0.2) is 8.42 Å². The molecule has 0 aromatic carbocycles. The Bertz CT molecular complexity index is 349. The van der Waals surface area contributed by atoms with Crippen LogP contribution in [0.5, 0.6) is 0 Å². The normalized spacial score (nSPS) is 14.9. The van der Waals surface area contributed by atoms with Crippen LogP contribution in [-0.2, 0) is 19.6 Å². The standard InChI is InChI=1S/C7H12F3NO4S/c1-4(2)5(6(12)15-3)11-16(13,14)7(8,9)10/h4-5,11H,1-3H3/t5-/m0/s1.